The van der Waals surface area contributed by atoms with Gasteiger partial charge < -0.3 is 29.4 Å². The van der Waals surface area contributed by atoms with Crippen molar-refractivity contribution in [2.24, 2.45) is 0 Å². The Morgan fingerprint density at radius 1 is 1.18 bits per heavy atom. The van der Waals surface area contributed by atoms with Gasteiger partial charge >= 0.3 is 0 Å². The van der Waals surface area contributed by atoms with E-state index in [2.05, 4.69) is 11.5 Å². The monoisotopic (exact) mass is 563 g/mol. The Balaban J connectivity index is 1.68. The molecule has 202 valence electrons. The molecule has 2 amide bonds. The number of phenolic OH excluding ortho intramolecular Hbond substituents is 1. The fraction of sp³-hybridized carbons (Fsp3) is 0.423. The van der Waals surface area contributed by atoms with Gasteiger partial charge in [0.1, 0.15) is 34.5 Å². The number of likely N-dealkylation sites (N-methyl/N-ethyl adjacent to an activating group) is 1. The topological polar surface area (TPSA) is 89.5 Å². The van der Waals surface area contributed by atoms with E-state index in [1.807, 2.05) is 18.9 Å². The summed E-state index contributed by atoms with van der Waals surface area (Å²) in [4.78, 5) is 38.5. The highest BCUT2D eigenvalue weighted by atomic mass is 35.5. The van der Waals surface area contributed by atoms with E-state index in [4.69, 9.17) is 32.9 Å². The van der Waals surface area contributed by atoms with Crippen molar-refractivity contribution < 1.29 is 23.8 Å². The molecule has 0 unspecified atom stereocenters. The number of aromatic nitrogens is 1. The molecule has 1 aromatic heterocycles. The molecule has 0 radical (unpaired) electrons. The minimum absolute atomic E-state index is 0.0360. The predicted molar refractivity (Wildman–Crippen MR) is 143 cm³/mol. The van der Waals surface area contributed by atoms with Crippen LogP contribution < -0.4 is 9.64 Å². The van der Waals surface area contributed by atoms with Crippen molar-refractivity contribution in [2.75, 3.05) is 57.8 Å². The van der Waals surface area contributed by atoms with Crippen molar-refractivity contribution in [2.45, 2.75) is 19.0 Å². The third-order valence-electron chi connectivity index (χ3n) is 7.35. The van der Waals surface area contributed by atoms with Gasteiger partial charge in [-0.3, -0.25) is 9.59 Å². The van der Waals surface area contributed by atoms with Crippen LogP contribution in [0.1, 0.15) is 17.3 Å². The van der Waals surface area contributed by atoms with E-state index in [1.54, 1.807) is 9.80 Å². The highest BCUT2D eigenvalue weighted by molar-refractivity contribution is 6.36. The number of nitrogens with zero attached hydrogens (tertiary/aromatic N) is 5. The summed E-state index contributed by atoms with van der Waals surface area (Å²) in [5.74, 6) is -1.46. The molecule has 2 saturated heterocycles. The van der Waals surface area contributed by atoms with Crippen LogP contribution in [0, 0.1) is 5.82 Å². The number of phenols is 1. The van der Waals surface area contributed by atoms with Crippen molar-refractivity contribution in [1.82, 2.24) is 19.7 Å². The van der Waals surface area contributed by atoms with E-state index >= 15 is 4.39 Å². The summed E-state index contributed by atoms with van der Waals surface area (Å²) in [5.41, 5.74) is -0.155. The number of amides is 2. The lowest BCUT2D eigenvalue weighted by Crippen LogP contribution is -2.57. The van der Waals surface area contributed by atoms with Gasteiger partial charge in [0, 0.05) is 45.3 Å². The van der Waals surface area contributed by atoms with Crippen LogP contribution in [0.2, 0.25) is 10.0 Å². The molecule has 0 bridgehead atoms. The first-order chi connectivity index (χ1) is 18.1. The summed E-state index contributed by atoms with van der Waals surface area (Å²) in [6.45, 7) is 8.53. The number of pyridine rings is 1. The molecule has 2 aromatic rings. The van der Waals surface area contributed by atoms with Crippen LogP contribution in [0.5, 0.6) is 11.5 Å². The molecule has 12 heteroatoms. The molecule has 1 N–H and O–H groups in total. The van der Waals surface area contributed by atoms with E-state index in [1.165, 1.54) is 18.2 Å². The molecule has 2 atom stereocenters. The van der Waals surface area contributed by atoms with E-state index < -0.39 is 17.6 Å². The Hall–Kier alpha value is -3.08. The Morgan fingerprint density at radius 2 is 1.92 bits per heavy atom. The minimum atomic E-state index is -0.880. The average molecular weight is 564 g/mol. The highest BCUT2D eigenvalue weighted by Crippen LogP contribution is 2.47. The molecular weight excluding hydrogens is 536 g/mol. The summed E-state index contributed by atoms with van der Waals surface area (Å²) in [5, 5.41) is 10.3. The molecule has 3 aliphatic heterocycles. The summed E-state index contributed by atoms with van der Waals surface area (Å²) >= 11 is 12.8. The molecule has 9 nitrogen and oxygen atoms in total. The first-order valence-corrected chi connectivity index (χ1v) is 13.1. The number of aromatic hydroxyl groups is 1. The third-order valence-corrected chi connectivity index (χ3v) is 7.99. The van der Waals surface area contributed by atoms with E-state index in [0.29, 0.717) is 32.0 Å². The van der Waals surface area contributed by atoms with Crippen LogP contribution in [0.4, 0.5) is 10.2 Å². The summed E-state index contributed by atoms with van der Waals surface area (Å²) < 4.78 is 21.4. The number of halogens is 3. The largest absolute Gasteiger partial charge is 0.507 e. The molecule has 1 aromatic carbocycles. The number of hydrogen-bond acceptors (Lipinski definition) is 7. The molecule has 38 heavy (non-hydrogen) atoms. The zero-order valence-corrected chi connectivity index (χ0v) is 22.6. The maximum Gasteiger partial charge on any atom is 0.261 e. The number of piperazine rings is 2. The van der Waals surface area contributed by atoms with Crippen molar-refractivity contribution in [1.29, 1.82) is 0 Å². The predicted octanol–water partition coefficient (Wildman–Crippen LogP) is 3.27. The quantitative estimate of drug-likeness (QED) is 0.573. The molecule has 2 fully saturated rings. The number of hydrogen-bond donors (Lipinski definition) is 1. The van der Waals surface area contributed by atoms with Gasteiger partial charge in [-0.25, -0.2) is 9.37 Å². The van der Waals surface area contributed by atoms with Crippen LogP contribution in [0.25, 0.3) is 11.3 Å². The van der Waals surface area contributed by atoms with Crippen LogP contribution >= 0.6 is 23.2 Å². The van der Waals surface area contributed by atoms with Crippen LogP contribution in [0.15, 0.2) is 24.8 Å². The lowest BCUT2D eigenvalue weighted by molar-refractivity contribution is -0.128. The van der Waals surface area contributed by atoms with Crippen LogP contribution in [-0.2, 0) is 4.79 Å². The summed E-state index contributed by atoms with van der Waals surface area (Å²) in [6.07, 6.45) is 1.25. The number of ether oxygens (including phenoxy) is 1. The first kappa shape index (κ1) is 26.5. The fourth-order valence-electron chi connectivity index (χ4n) is 5.37. The average Bonchev–Trinajstić information content (AvgIpc) is 3.04. The lowest BCUT2D eigenvalue weighted by atomic mass is 10.0. The van der Waals surface area contributed by atoms with E-state index in [-0.39, 0.29) is 63.6 Å². The molecule has 0 spiro atoms. The molecule has 0 aliphatic carbocycles. The molecule has 4 heterocycles. The smallest absolute Gasteiger partial charge is 0.261 e. The molecule has 0 saturated carbocycles. The summed E-state index contributed by atoms with van der Waals surface area (Å²) in [6, 6.07) is 2.04. The normalized spacial score (nSPS) is 21.9. The zero-order valence-electron chi connectivity index (χ0n) is 21.1. The van der Waals surface area contributed by atoms with Gasteiger partial charge in [-0.1, -0.05) is 29.8 Å². The van der Waals surface area contributed by atoms with Gasteiger partial charge in [-0.15, -0.1) is 0 Å². The molecule has 5 rings (SSSR count). The second kappa shape index (κ2) is 10.2. The number of rotatable bonds is 3. The van der Waals surface area contributed by atoms with Gasteiger partial charge in [-0.05, 0) is 32.2 Å². The maximum atomic E-state index is 15.2. The van der Waals surface area contributed by atoms with Crippen molar-refractivity contribution in [3.05, 3.63) is 46.2 Å². The number of benzene rings is 1. The highest BCUT2D eigenvalue weighted by Gasteiger charge is 2.41. The van der Waals surface area contributed by atoms with E-state index in [0.717, 1.165) is 6.54 Å². The maximum absolute atomic E-state index is 15.2. The van der Waals surface area contributed by atoms with E-state index in [9.17, 15) is 14.7 Å². The van der Waals surface area contributed by atoms with Gasteiger partial charge in [0.05, 0.1) is 16.6 Å². The van der Waals surface area contributed by atoms with Gasteiger partial charge in [0.15, 0.2) is 11.6 Å². The number of anilines is 1. The second-order valence-electron chi connectivity index (χ2n) is 9.81. The number of carbonyl (C=O) groups is 2. The summed E-state index contributed by atoms with van der Waals surface area (Å²) in [7, 11) is 2.01. The number of fused-ring (bicyclic) bond motifs is 2. The molecular formula is C26H28Cl2FN5O4. The Labute approximate surface area is 230 Å². The van der Waals surface area contributed by atoms with Gasteiger partial charge in [0.25, 0.3) is 5.91 Å². The Morgan fingerprint density at radius 3 is 2.63 bits per heavy atom. The Bertz CT molecular complexity index is 1330. The minimum Gasteiger partial charge on any atom is -0.507 e. The standard InChI is InChI=1S/C26H28Cl2FN5O4/c1-4-18(36)32-8-10-34-15(12-32)13-38-24-20(26(34)37)25(33-9-7-31(3)11-14(33)2)30-23(21(24)28)19-17(35)6-5-16(27)22(19)29/h4-6,14-15,35H,1,7-13H2,2-3H3/t14-,15+/m0/s1. The number of carbonyl (C=O) groups excluding carboxylic acids is 2. The van der Waals surface area contributed by atoms with Gasteiger partial charge in [0.2, 0.25) is 5.91 Å². The molecule has 3 aliphatic rings. The third kappa shape index (κ3) is 4.44. The van der Waals surface area contributed by atoms with Gasteiger partial charge in [-0.2, -0.15) is 0 Å². The van der Waals surface area contributed by atoms with Crippen molar-refractivity contribution in [3.63, 3.8) is 0 Å². The van der Waals surface area contributed by atoms with Crippen molar-refractivity contribution in [3.8, 4) is 22.8 Å². The van der Waals surface area contributed by atoms with Crippen LogP contribution in [-0.4, -0.2) is 102 Å². The SMILES string of the molecule is C=CC(=O)N1CCN2C(=O)c3c(N4CCN(C)C[C@@H]4C)nc(-c4c(O)ccc(Cl)c4F)c(Cl)c3OC[C@H]2C1. The fourth-order valence-corrected chi connectivity index (χ4v) is 5.81. The lowest BCUT2D eigenvalue weighted by Gasteiger charge is -2.41. The van der Waals surface area contributed by atoms with Crippen molar-refractivity contribution >= 4 is 40.8 Å². The zero-order chi connectivity index (χ0) is 27.3. The second-order valence-corrected chi connectivity index (χ2v) is 10.6. The van der Waals surface area contributed by atoms with Crippen LogP contribution in [0.3, 0.4) is 0 Å². The Kier molecular flexibility index (Phi) is 7.15. The first-order valence-electron chi connectivity index (χ1n) is 12.3.